The van der Waals surface area contributed by atoms with Gasteiger partial charge in [0.1, 0.15) is 24.6 Å². The standard InChI is InChI=1S/C9H12N2O5/c12-3-5-7(14)8(15)9(16-5)11-2-1-6(13)10-4-11/h1-2,4-5,7-9,12,14-15H,3H2/t5-,7+,8?,9-/m1/s1. The van der Waals surface area contributed by atoms with Crippen molar-refractivity contribution in [2.75, 3.05) is 6.61 Å². The molecule has 1 aromatic rings. The first-order valence-corrected chi connectivity index (χ1v) is 4.79. The lowest BCUT2D eigenvalue weighted by atomic mass is 10.1. The molecule has 0 aromatic carbocycles. The second-order valence-corrected chi connectivity index (χ2v) is 3.57. The highest BCUT2D eigenvalue weighted by Gasteiger charge is 2.42. The van der Waals surface area contributed by atoms with Gasteiger partial charge >= 0.3 is 0 Å². The van der Waals surface area contributed by atoms with Crippen LogP contribution in [0.5, 0.6) is 0 Å². The number of nitrogens with zero attached hydrogens (tertiary/aromatic N) is 2. The van der Waals surface area contributed by atoms with Gasteiger partial charge < -0.3 is 24.6 Å². The third kappa shape index (κ3) is 1.85. The van der Waals surface area contributed by atoms with E-state index in [4.69, 9.17) is 9.84 Å². The molecule has 2 heterocycles. The number of ether oxygens (including phenoxy) is 1. The van der Waals surface area contributed by atoms with Crippen molar-refractivity contribution in [3.05, 3.63) is 28.9 Å². The fourth-order valence-corrected chi connectivity index (χ4v) is 1.63. The molecular weight excluding hydrogens is 216 g/mol. The molecule has 0 spiro atoms. The zero-order chi connectivity index (χ0) is 11.7. The molecule has 0 saturated carbocycles. The minimum Gasteiger partial charge on any atom is -0.394 e. The Morgan fingerprint density at radius 3 is 2.69 bits per heavy atom. The molecule has 7 nitrogen and oxygen atoms in total. The van der Waals surface area contributed by atoms with Gasteiger partial charge in [-0.25, -0.2) is 0 Å². The predicted molar refractivity (Wildman–Crippen MR) is 51.5 cm³/mol. The van der Waals surface area contributed by atoms with E-state index in [0.717, 1.165) is 0 Å². The van der Waals surface area contributed by atoms with E-state index in [1.165, 1.54) is 23.2 Å². The van der Waals surface area contributed by atoms with Crippen LogP contribution in [0.25, 0.3) is 0 Å². The van der Waals surface area contributed by atoms with Crippen LogP contribution in [-0.2, 0) is 4.74 Å². The summed E-state index contributed by atoms with van der Waals surface area (Å²) in [6.45, 7) is -0.387. The van der Waals surface area contributed by atoms with E-state index in [0.29, 0.717) is 0 Å². The van der Waals surface area contributed by atoms with Crippen molar-refractivity contribution in [2.24, 2.45) is 0 Å². The van der Waals surface area contributed by atoms with Gasteiger partial charge in [-0.2, -0.15) is 4.98 Å². The monoisotopic (exact) mass is 228 g/mol. The van der Waals surface area contributed by atoms with Gasteiger partial charge in [0.25, 0.3) is 5.56 Å². The molecule has 1 aliphatic heterocycles. The van der Waals surface area contributed by atoms with Crippen LogP contribution < -0.4 is 5.56 Å². The lowest BCUT2D eigenvalue weighted by molar-refractivity contribution is -0.0534. The lowest BCUT2D eigenvalue weighted by Crippen LogP contribution is -2.33. The summed E-state index contributed by atoms with van der Waals surface area (Å²) in [5.41, 5.74) is -0.400. The molecule has 0 radical (unpaired) electrons. The van der Waals surface area contributed by atoms with Crippen LogP contribution in [0.2, 0.25) is 0 Å². The number of aliphatic hydroxyl groups is 3. The van der Waals surface area contributed by atoms with Gasteiger partial charge in [-0.15, -0.1) is 0 Å². The van der Waals surface area contributed by atoms with E-state index in [9.17, 15) is 15.0 Å². The van der Waals surface area contributed by atoms with Crippen LogP contribution in [0.4, 0.5) is 0 Å². The Bertz CT molecular complexity index is 400. The SMILES string of the molecule is O=c1ccn([C@@H]2O[C@H](CO)[C@H](O)C2O)cn1. The molecular formula is C9H12N2O5. The van der Waals surface area contributed by atoms with Gasteiger partial charge in [0, 0.05) is 12.3 Å². The fraction of sp³-hybridized carbons (Fsp3) is 0.556. The molecule has 1 saturated heterocycles. The van der Waals surface area contributed by atoms with Crippen LogP contribution in [0.1, 0.15) is 6.23 Å². The van der Waals surface area contributed by atoms with Crippen molar-refractivity contribution >= 4 is 0 Å². The Labute approximate surface area is 90.6 Å². The fourth-order valence-electron chi connectivity index (χ4n) is 1.63. The summed E-state index contributed by atoms with van der Waals surface area (Å²) in [4.78, 5) is 14.3. The van der Waals surface area contributed by atoms with E-state index < -0.39 is 30.1 Å². The Kier molecular flexibility index (Phi) is 3.01. The summed E-state index contributed by atoms with van der Waals surface area (Å²) in [6, 6.07) is 1.22. The zero-order valence-corrected chi connectivity index (χ0v) is 8.30. The average molecular weight is 228 g/mol. The minimum atomic E-state index is -1.17. The van der Waals surface area contributed by atoms with Gasteiger partial charge in [-0.05, 0) is 0 Å². The Balaban J connectivity index is 2.22. The van der Waals surface area contributed by atoms with Crippen molar-refractivity contribution in [1.29, 1.82) is 0 Å². The quantitative estimate of drug-likeness (QED) is 0.533. The Morgan fingerprint density at radius 1 is 1.44 bits per heavy atom. The third-order valence-corrected chi connectivity index (χ3v) is 2.52. The highest BCUT2D eigenvalue weighted by Crippen LogP contribution is 2.28. The summed E-state index contributed by atoms with van der Waals surface area (Å²) in [6.07, 6.45) is -1.39. The maximum absolute atomic E-state index is 10.8. The van der Waals surface area contributed by atoms with Crippen LogP contribution in [0, 0.1) is 0 Å². The van der Waals surface area contributed by atoms with E-state index >= 15 is 0 Å². The van der Waals surface area contributed by atoms with E-state index in [-0.39, 0.29) is 6.61 Å². The first-order valence-electron chi connectivity index (χ1n) is 4.79. The largest absolute Gasteiger partial charge is 0.394 e. The number of hydrogen-bond acceptors (Lipinski definition) is 6. The van der Waals surface area contributed by atoms with Crippen molar-refractivity contribution in [3.63, 3.8) is 0 Å². The van der Waals surface area contributed by atoms with Gasteiger partial charge in [0.2, 0.25) is 0 Å². The van der Waals surface area contributed by atoms with Crippen LogP contribution in [0.3, 0.4) is 0 Å². The predicted octanol–water partition coefficient (Wildman–Crippen LogP) is -2.15. The van der Waals surface area contributed by atoms with E-state index in [2.05, 4.69) is 4.98 Å². The molecule has 0 amide bonds. The zero-order valence-electron chi connectivity index (χ0n) is 8.30. The summed E-state index contributed by atoms with van der Waals surface area (Å²) in [5, 5.41) is 28.1. The topological polar surface area (TPSA) is 105 Å². The summed E-state index contributed by atoms with van der Waals surface area (Å²) < 4.78 is 6.60. The maximum atomic E-state index is 10.8. The summed E-state index contributed by atoms with van der Waals surface area (Å²) in [7, 11) is 0. The van der Waals surface area contributed by atoms with Crippen molar-refractivity contribution in [1.82, 2.24) is 9.55 Å². The Hall–Kier alpha value is -1.28. The first kappa shape index (κ1) is 11.2. The maximum Gasteiger partial charge on any atom is 0.272 e. The van der Waals surface area contributed by atoms with Gasteiger partial charge in [-0.1, -0.05) is 0 Å². The second-order valence-electron chi connectivity index (χ2n) is 3.57. The Morgan fingerprint density at radius 2 is 2.19 bits per heavy atom. The molecule has 3 N–H and O–H groups in total. The highest BCUT2D eigenvalue weighted by molar-refractivity contribution is 4.92. The number of rotatable bonds is 2. The van der Waals surface area contributed by atoms with Crippen LogP contribution >= 0.6 is 0 Å². The van der Waals surface area contributed by atoms with Crippen molar-refractivity contribution in [2.45, 2.75) is 24.5 Å². The minimum absolute atomic E-state index is 0.387. The average Bonchev–Trinajstić information content (AvgIpc) is 2.57. The molecule has 2 rings (SSSR count). The van der Waals surface area contributed by atoms with Gasteiger partial charge in [0.15, 0.2) is 6.23 Å². The second kappa shape index (κ2) is 4.30. The van der Waals surface area contributed by atoms with Crippen LogP contribution in [-0.4, -0.2) is 49.8 Å². The molecule has 16 heavy (non-hydrogen) atoms. The summed E-state index contributed by atoms with van der Waals surface area (Å²) >= 11 is 0. The van der Waals surface area contributed by atoms with Gasteiger partial charge in [-0.3, -0.25) is 4.79 Å². The van der Waals surface area contributed by atoms with Crippen molar-refractivity contribution < 1.29 is 20.1 Å². The first-order chi connectivity index (χ1) is 7.63. The molecule has 88 valence electrons. The normalized spacial score (nSPS) is 34.2. The number of hydrogen-bond donors (Lipinski definition) is 3. The van der Waals surface area contributed by atoms with E-state index in [1.807, 2.05) is 0 Å². The molecule has 1 aromatic heterocycles. The molecule has 1 unspecified atom stereocenters. The molecule has 1 fully saturated rings. The molecule has 0 bridgehead atoms. The molecule has 7 heteroatoms. The van der Waals surface area contributed by atoms with Gasteiger partial charge in [0.05, 0.1) is 6.61 Å². The van der Waals surface area contributed by atoms with Crippen molar-refractivity contribution in [3.8, 4) is 0 Å². The van der Waals surface area contributed by atoms with E-state index in [1.54, 1.807) is 0 Å². The summed E-state index contributed by atoms with van der Waals surface area (Å²) in [5.74, 6) is 0. The lowest BCUT2D eigenvalue weighted by Gasteiger charge is -2.17. The number of aliphatic hydroxyl groups excluding tert-OH is 3. The molecule has 0 aliphatic carbocycles. The number of aromatic nitrogens is 2. The van der Waals surface area contributed by atoms with Crippen LogP contribution in [0.15, 0.2) is 23.4 Å². The third-order valence-electron chi connectivity index (χ3n) is 2.52. The highest BCUT2D eigenvalue weighted by atomic mass is 16.6. The molecule has 4 atom stereocenters. The smallest absolute Gasteiger partial charge is 0.272 e. The molecule has 1 aliphatic rings.